The summed E-state index contributed by atoms with van der Waals surface area (Å²) >= 11 is 0. The molecule has 0 fully saturated rings. The summed E-state index contributed by atoms with van der Waals surface area (Å²) in [5, 5.41) is 3.67. The number of hydrogen-bond acceptors (Lipinski definition) is 3. The van der Waals surface area contributed by atoms with Crippen LogP contribution < -0.4 is 5.32 Å². The van der Waals surface area contributed by atoms with Gasteiger partial charge in [0.2, 0.25) is 0 Å². The maximum Gasteiger partial charge on any atom is 0.165 e. The van der Waals surface area contributed by atoms with Gasteiger partial charge in [-0.05, 0) is 59.9 Å². The molecule has 4 aromatic rings. The van der Waals surface area contributed by atoms with Gasteiger partial charge in [0, 0.05) is 5.69 Å². The number of allylic oxidation sites excluding steroid dienone is 1. The van der Waals surface area contributed by atoms with Crippen LogP contribution in [-0.4, -0.2) is 11.8 Å². The van der Waals surface area contributed by atoms with Crippen molar-refractivity contribution in [1.29, 1.82) is 0 Å². The number of ketones is 1. The summed E-state index contributed by atoms with van der Waals surface area (Å²) in [7, 11) is 0. The Bertz CT molecular complexity index is 1250. The van der Waals surface area contributed by atoms with E-state index >= 15 is 0 Å². The molecule has 0 bridgehead atoms. The number of benzene rings is 3. The molecule has 1 heterocycles. The Labute approximate surface area is 194 Å². The van der Waals surface area contributed by atoms with Crippen LogP contribution in [0.2, 0.25) is 0 Å². The molecule has 0 saturated heterocycles. The largest absolute Gasteiger partial charge is 0.468 e. The van der Waals surface area contributed by atoms with Crippen LogP contribution in [0, 0.1) is 13.8 Å². The van der Waals surface area contributed by atoms with Crippen molar-refractivity contribution in [3.05, 3.63) is 137 Å². The topological polar surface area (TPSA) is 42.2 Å². The predicted octanol–water partition coefficient (Wildman–Crippen LogP) is 6.78. The lowest BCUT2D eigenvalue weighted by molar-refractivity contribution is -0.115. The van der Waals surface area contributed by atoms with E-state index in [1.54, 1.807) is 12.3 Å². The molecule has 1 N–H and O–H groups in total. The molecule has 5 rings (SSSR count). The number of nitrogens with one attached hydrogen (secondary N) is 1. The van der Waals surface area contributed by atoms with E-state index < -0.39 is 0 Å². The van der Waals surface area contributed by atoms with E-state index in [0.29, 0.717) is 0 Å². The normalized spacial score (nSPS) is 18.4. The molecule has 0 spiro atoms. The Kier molecular flexibility index (Phi) is 5.70. The maximum absolute atomic E-state index is 12.6. The van der Waals surface area contributed by atoms with Gasteiger partial charge in [-0.1, -0.05) is 78.9 Å². The molecule has 33 heavy (non-hydrogen) atoms. The third-order valence-electron chi connectivity index (χ3n) is 6.45. The maximum atomic E-state index is 12.6. The van der Waals surface area contributed by atoms with Crippen molar-refractivity contribution in [2.45, 2.75) is 31.7 Å². The van der Waals surface area contributed by atoms with Crippen molar-refractivity contribution in [1.82, 2.24) is 0 Å². The Morgan fingerprint density at radius 2 is 1.48 bits per heavy atom. The molecule has 0 aliphatic heterocycles. The van der Waals surface area contributed by atoms with Crippen molar-refractivity contribution in [2.24, 2.45) is 0 Å². The number of carbonyl (C=O) groups excluding carboxylic acids is 1. The molecular formula is C30H27NO2. The SMILES string of the molecule is Cc1cc(C(c2ccccc2)c2ccco2)cc(C)c1N[C@@H]1C=CC(=O)[C@H]1c1ccccc1. The summed E-state index contributed by atoms with van der Waals surface area (Å²) in [5.41, 5.74) is 6.80. The molecule has 3 heteroatoms. The summed E-state index contributed by atoms with van der Waals surface area (Å²) in [6, 6.07) is 28.8. The second kappa shape index (κ2) is 8.95. The van der Waals surface area contributed by atoms with Gasteiger partial charge in [-0.3, -0.25) is 4.79 Å². The number of hydrogen-bond donors (Lipinski definition) is 1. The molecule has 0 radical (unpaired) electrons. The average Bonchev–Trinajstić information content (AvgIpc) is 3.48. The minimum Gasteiger partial charge on any atom is -0.468 e. The van der Waals surface area contributed by atoms with Crippen molar-refractivity contribution >= 4 is 11.5 Å². The Hall–Kier alpha value is -3.85. The molecule has 1 aliphatic carbocycles. The van der Waals surface area contributed by atoms with Crippen molar-refractivity contribution < 1.29 is 9.21 Å². The van der Waals surface area contributed by atoms with Gasteiger partial charge < -0.3 is 9.73 Å². The first kappa shape index (κ1) is 21.0. The lowest BCUT2D eigenvalue weighted by atomic mass is 9.86. The zero-order chi connectivity index (χ0) is 22.8. The van der Waals surface area contributed by atoms with Gasteiger partial charge in [-0.15, -0.1) is 0 Å². The van der Waals surface area contributed by atoms with Crippen molar-refractivity contribution in [3.63, 3.8) is 0 Å². The molecule has 3 nitrogen and oxygen atoms in total. The smallest absolute Gasteiger partial charge is 0.165 e. The van der Waals surface area contributed by atoms with Crippen LogP contribution in [0.1, 0.15) is 45.4 Å². The second-order valence-corrected chi connectivity index (χ2v) is 8.71. The molecule has 3 atom stereocenters. The fraction of sp³-hybridized carbons (Fsp3) is 0.167. The molecule has 164 valence electrons. The molecule has 0 saturated carbocycles. The highest BCUT2D eigenvalue weighted by atomic mass is 16.3. The van der Waals surface area contributed by atoms with E-state index in [1.165, 1.54) is 11.1 Å². The standard InChI is InChI=1S/C30H27NO2/c1-20-18-24(28(27-14-9-17-33-27)22-10-5-3-6-11-22)19-21(2)30(20)31-25-15-16-26(32)29(25)23-12-7-4-8-13-23/h3-19,25,28-29,31H,1-2H3/t25-,28?,29+/m1/s1. The molecule has 1 aliphatic rings. The second-order valence-electron chi connectivity index (χ2n) is 8.71. The lowest BCUT2D eigenvalue weighted by Crippen LogP contribution is -2.26. The monoisotopic (exact) mass is 433 g/mol. The molecule has 3 aromatic carbocycles. The van der Waals surface area contributed by atoms with Gasteiger partial charge in [0.25, 0.3) is 0 Å². The quantitative estimate of drug-likeness (QED) is 0.364. The Balaban J connectivity index is 1.49. The molecule has 1 aromatic heterocycles. The lowest BCUT2D eigenvalue weighted by Gasteiger charge is -2.25. The number of aryl methyl sites for hydroxylation is 2. The van der Waals surface area contributed by atoms with Gasteiger partial charge in [0.15, 0.2) is 5.78 Å². The fourth-order valence-corrected chi connectivity index (χ4v) is 4.93. The van der Waals surface area contributed by atoms with Crippen molar-refractivity contribution in [3.8, 4) is 0 Å². The van der Waals surface area contributed by atoms with Gasteiger partial charge in [-0.2, -0.15) is 0 Å². The minimum atomic E-state index is -0.204. The molecule has 1 unspecified atom stereocenters. The highest BCUT2D eigenvalue weighted by molar-refractivity contribution is 5.99. The third-order valence-corrected chi connectivity index (χ3v) is 6.45. The summed E-state index contributed by atoms with van der Waals surface area (Å²) < 4.78 is 5.83. The van der Waals surface area contributed by atoms with E-state index in [-0.39, 0.29) is 23.7 Å². The van der Waals surface area contributed by atoms with Crippen LogP contribution >= 0.6 is 0 Å². The zero-order valence-electron chi connectivity index (χ0n) is 18.9. The third kappa shape index (κ3) is 4.14. The first-order chi connectivity index (χ1) is 16.1. The average molecular weight is 434 g/mol. The van der Waals surface area contributed by atoms with Crippen molar-refractivity contribution in [2.75, 3.05) is 5.32 Å². The summed E-state index contributed by atoms with van der Waals surface area (Å²) in [6.45, 7) is 4.25. The van der Waals surface area contributed by atoms with Gasteiger partial charge in [0.1, 0.15) is 5.76 Å². The number of carbonyl (C=O) groups is 1. The van der Waals surface area contributed by atoms with Gasteiger partial charge >= 0.3 is 0 Å². The molecular weight excluding hydrogens is 406 g/mol. The van der Waals surface area contributed by atoms with Crippen LogP contribution in [-0.2, 0) is 4.79 Å². The number of furan rings is 1. The summed E-state index contributed by atoms with van der Waals surface area (Å²) in [4.78, 5) is 12.6. The van der Waals surface area contributed by atoms with Gasteiger partial charge in [-0.25, -0.2) is 0 Å². The Morgan fingerprint density at radius 3 is 2.12 bits per heavy atom. The van der Waals surface area contributed by atoms with E-state index in [9.17, 15) is 4.79 Å². The van der Waals surface area contributed by atoms with Crippen LogP contribution in [0.15, 0.2) is 108 Å². The van der Waals surface area contributed by atoms with E-state index in [4.69, 9.17) is 4.42 Å². The summed E-state index contributed by atoms with van der Waals surface area (Å²) in [5.74, 6) is 0.893. The Morgan fingerprint density at radius 1 is 0.818 bits per heavy atom. The van der Waals surface area contributed by atoms with Crippen LogP contribution in [0.4, 0.5) is 5.69 Å². The highest BCUT2D eigenvalue weighted by Crippen LogP contribution is 2.37. The highest BCUT2D eigenvalue weighted by Gasteiger charge is 2.32. The fourth-order valence-electron chi connectivity index (χ4n) is 4.93. The number of rotatable bonds is 6. The summed E-state index contributed by atoms with van der Waals surface area (Å²) in [6.07, 6.45) is 5.42. The first-order valence-corrected chi connectivity index (χ1v) is 11.3. The minimum absolute atomic E-state index is 0.0256. The van der Waals surface area contributed by atoms with Crippen LogP contribution in [0.25, 0.3) is 0 Å². The van der Waals surface area contributed by atoms with E-state index in [1.807, 2.05) is 54.6 Å². The first-order valence-electron chi connectivity index (χ1n) is 11.3. The van der Waals surface area contributed by atoms with Crippen LogP contribution in [0.5, 0.6) is 0 Å². The zero-order valence-corrected chi connectivity index (χ0v) is 18.9. The van der Waals surface area contributed by atoms with Crippen LogP contribution in [0.3, 0.4) is 0 Å². The predicted molar refractivity (Wildman–Crippen MR) is 133 cm³/mol. The van der Waals surface area contributed by atoms with Gasteiger partial charge in [0.05, 0.1) is 24.1 Å². The molecule has 0 amide bonds. The van der Waals surface area contributed by atoms with E-state index in [0.717, 1.165) is 28.1 Å². The van der Waals surface area contributed by atoms with E-state index in [2.05, 4.69) is 55.6 Å². The number of anilines is 1.